The molecule has 0 atom stereocenters. The highest BCUT2D eigenvalue weighted by Crippen LogP contribution is 2.13. The number of benzene rings is 1. The van der Waals surface area contributed by atoms with Gasteiger partial charge in [-0.15, -0.1) is 0 Å². The number of nitrogens with two attached hydrogens (primary N) is 1. The first-order valence-electron chi connectivity index (χ1n) is 6.33. The Morgan fingerprint density at radius 2 is 2.25 bits per heavy atom. The van der Waals surface area contributed by atoms with Crippen molar-refractivity contribution >= 4 is 5.91 Å². The lowest BCUT2D eigenvalue weighted by atomic mass is 10.1. The predicted molar refractivity (Wildman–Crippen MR) is 75.8 cm³/mol. The molecule has 0 aliphatic carbocycles. The molecule has 0 fully saturated rings. The van der Waals surface area contributed by atoms with Gasteiger partial charge in [-0.25, -0.2) is 4.39 Å². The van der Waals surface area contributed by atoms with Gasteiger partial charge in [0.25, 0.3) is 5.91 Å². The van der Waals surface area contributed by atoms with E-state index in [2.05, 4.69) is 11.8 Å². The summed E-state index contributed by atoms with van der Waals surface area (Å²) in [6.07, 6.45) is 0.720. The Kier molecular flexibility index (Phi) is 6.71. The van der Waals surface area contributed by atoms with E-state index >= 15 is 0 Å². The summed E-state index contributed by atoms with van der Waals surface area (Å²) in [5.74, 6) is 4.74. The van der Waals surface area contributed by atoms with E-state index in [4.69, 9.17) is 10.5 Å². The highest BCUT2D eigenvalue weighted by Gasteiger charge is 2.15. The van der Waals surface area contributed by atoms with E-state index < -0.39 is 5.82 Å². The summed E-state index contributed by atoms with van der Waals surface area (Å²) in [6, 6.07) is 3.98. The Bertz CT molecular complexity index is 520. The molecule has 0 spiro atoms. The lowest BCUT2D eigenvalue weighted by molar-refractivity contribution is 0.0778. The Balaban J connectivity index is 2.92. The second kappa shape index (κ2) is 8.31. The van der Waals surface area contributed by atoms with Crippen molar-refractivity contribution < 1.29 is 13.9 Å². The topological polar surface area (TPSA) is 55.6 Å². The number of amides is 1. The maximum atomic E-state index is 13.3. The van der Waals surface area contributed by atoms with E-state index in [0.717, 1.165) is 6.42 Å². The van der Waals surface area contributed by atoms with Crippen LogP contribution in [0.25, 0.3) is 0 Å². The van der Waals surface area contributed by atoms with Crippen LogP contribution >= 0.6 is 0 Å². The highest BCUT2D eigenvalue weighted by atomic mass is 19.1. The Hall–Kier alpha value is -1.90. The van der Waals surface area contributed by atoms with Crippen molar-refractivity contribution in [1.29, 1.82) is 0 Å². The number of halogens is 1. The molecule has 1 amide bonds. The van der Waals surface area contributed by atoms with Crippen LogP contribution in [0.5, 0.6) is 0 Å². The average molecular weight is 278 g/mol. The number of nitrogens with zero attached hydrogens (tertiary/aromatic N) is 1. The van der Waals surface area contributed by atoms with Gasteiger partial charge in [0, 0.05) is 32.9 Å². The Morgan fingerprint density at radius 3 is 2.90 bits per heavy atom. The smallest absolute Gasteiger partial charge is 0.254 e. The van der Waals surface area contributed by atoms with Crippen LogP contribution in [0, 0.1) is 17.7 Å². The molecule has 0 heterocycles. The number of carbonyl (C=O) groups excluding carboxylic acids is 1. The van der Waals surface area contributed by atoms with Gasteiger partial charge in [0.05, 0.1) is 12.1 Å². The fraction of sp³-hybridized carbons (Fsp3) is 0.400. The van der Waals surface area contributed by atoms with E-state index in [9.17, 15) is 9.18 Å². The zero-order valence-corrected chi connectivity index (χ0v) is 11.8. The third-order valence-electron chi connectivity index (χ3n) is 2.73. The number of hydrogen-bond acceptors (Lipinski definition) is 3. The van der Waals surface area contributed by atoms with E-state index in [1.165, 1.54) is 23.1 Å². The van der Waals surface area contributed by atoms with Gasteiger partial charge in [-0.1, -0.05) is 11.8 Å². The van der Waals surface area contributed by atoms with Crippen LogP contribution < -0.4 is 5.73 Å². The molecule has 0 aliphatic heterocycles. The second-order valence-electron chi connectivity index (χ2n) is 4.27. The fourth-order valence-corrected chi connectivity index (χ4v) is 1.70. The van der Waals surface area contributed by atoms with E-state index in [1.807, 2.05) is 0 Å². The van der Waals surface area contributed by atoms with E-state index in [-0.39, 0.29) is 18.0 Å². The summed E-state index contributed by atoms with van der Waals surface area (Å²) in [6.45, 7) is 1.29. The molecule has 1 rings (SSSR count). The van der Waals surface area contributed by atoms with E-state index in [1.54, 1.807) is 14.2 Å². The van der Waals surface area contributed by atoms with Crippen molar-refractivity contribution in [3.8, 4) is 11.8 Å². The maximum absolute atomic E-state index is 13.3. The standard InChI is InChI=1S/C15H19FN2O2/c1-18(9-4-10-20-2)15(19)14-11-13(16)7-6-12(14)5-3-8-17/h6-7,11H,4,8-10,17H2,1-2H3. The SMILES string of the molecule is COCCCN(C)C(=O)c1cc(F)ccc1C#CCN. The molecule has 0 aromatic heterocycles. The van der Waals surface area contributed by atoms with Gasteiger partial charge >= 0.3 is 0 Å². The van der Waals surface area contributed by atoms with Gasteiger partial charge in [-0.2, -0.15) is 0 Å². The predicted octanol–water partition coefficient (Wildman–Crippen LogP) is 1.24. The lowest BCUT2D eigenvalue weighted by Crippen LogP contribution is -2.29. The largest absolute Gasteiger partial charge is 0.385 e. The third-order valence-corrected chi connectivity index (χ3v) is 2.73. The van der Waals surface area contributed by atoms with Gasteiger partial charge in [0.1, 0.15) is 5.82 Å². The maximum Gasteiger partial charge on any atom is 0.254 e. The number of methoxy groups -OCH3 is 1. The molecule has 2 N–H and O–H groups in total. The van der Waals surface area contributed by atoms with Crippen LogP contribution in [0.3, 0.4) is 0 Å². The van der Waals surface area contributed by atoms with Crippen LogP contribution in [-0.4, -0.2) is 44.7 Å². The van der Waals surface area contributed by atoms with Crippen molar-refractivity contribution in [2.75, 3.05) is 33.9 Å². The molecule has 0 unspecified atom stereocenters. The summed E-state index contributed by atoms with van der Waals surface area (Å²) < 4.78 is 18.3. The minimum atomic E-state index is -0.461. The highest BCUT2D eigenvalue weighted by molar-refractivity contribution is 5.96. The van der Waals surface area contributed by atoms with Crippen LogP contribution in [-0.2, 0) is 4.74 Å². The number of carbonyl (C=O) groups is 1. The van der Waals surface area contributed by atoms with Crippen LogP contribution in [0.15, 0.2) is 18.2 Å². The monoisotopic (exact) mass is 278 g/mol. The number of rotatable bonds is 5. The van der Waals surface area contributed by atoms with Crippen LogP contribution in [0.2, 0.25) is 0 Å². The van der Waals surface area contributed by atoms with Gasteiger partial charge in [-0.3, -0.25) is 4.79 Å². The quantitative estimate of drug-likeness (QED) is 0.651. The zero-order valence-electron chi connectivity index (χ0n) is 11.8. The fourth-order valence-electron chi connectivity index (χ4n) is 1.70. The van der Waals surface area contributed by atoms with Crippen molar-refractivity contribution in [3.63, 3.8) is 0 Å². The van der Waals surface area contributed by atoms with Gasteiger partial charge in [0.2, 0.25) is 0 Å². The van der Waals surface area contributed by atoms with Gasteiger partial charge in [0.15, 0.2) is 0 Å². The summed E-state index contributed by atoms with van der Waals surface area (Å²) in [5.41, 5.74) is 6.06. The van der Waals surface area contributed by atoms with Crippen molar-refractivity contribution in [1.82, 2.24) is 4.90 Å². The first-order valence-corrected chi connectivity index (χ1v) is 6.33. The molecule has 1 aromatic carbocycles. The summed E-state index contributed by atoms with van der Waals surface area (Å²) in [4.78, 5) is 13.8. The number of hydrogen-bond donors (Lipinski definition) is 1. The normalized spacial score (nSPS) is 9.80. The number of ether oxygens (including phenoxy) is 1. The average Bonchev–Trinajstić information content (AvgIpc) is 2.45. The van der Waals surface area contributed by atoms with Crippen molar-refractivity contribution in [2.45, 2.75) is 6.42 Å². The van der Waals surface area contributed by atoms with Crippen LogP contribution in [0.4, 0.5) is 4.39 Å². The molecule has 0 bridgehead atoms. The third kappa shape index (κ3) is 4.65. The zero-order chi connectivity index (χ0) is 15.0. The molecule has 5 heteroatoms. The molecular weight excluding hydrogens is 259 g/mol. The molecule has 0 radical (unpaired) electrons. The Morgan fingerprint density at radius 1 is 1.50 bits per heavy atom. The molecule has 108 valence electrons. The minimum Gasteiger partial charge on any atom is -0.385 e. The molecule has 20 heavy (non-hydrogen) atoms. The molecule has 0 saturated heterocycles. The first-order chi connectivity index (χ1) is 9.60. The molecular formula is C15H19FN2O2. The van der Waals surface area contributed by atoms with E-state index in [0.29, 0.717) is 18.7 Å². The molecule has 0 aliphatic rings. The Labute approximate surface area is 118 Å². The minimum absolute atomic E-state index is 0.189. The molecule has 0 saturated carbocycles. The lowest BCUT2D eigenvalue weighted by Gasteiger charge is -2.17. The summed E-state index contributed by atoms with van der Waals surface area (Å²) in [5, 5.41) is 0. The molecule has 1 aromatic rings. The summed E-state index contributed by atoms with van der Waals surface area (Å²) in [7, 11) is 3.28. The summed E-state index contributed by atoms with van der Waals surface area (Å²) >= 11 is 0. The molecule has 4 nitrogen and oxygen atoms in total. The second-order valence-corrected chi connectivity index (χ2v) is 4.27. The van der Waals surface area contributed by atoms with Crippen LogP contribution in [0.1, 0.15) is 22.3 Å². The first kappa shape index (κ1) is 16.2. The van der Waals surface area contributed by atoms with Gasteiger partial charge < -0.3 is 15.4 Å². The van der Waals surface area contributed by atoms with Crippen molar-refractivity contribution in [3.05, 3.63) is 35.1 Å². The van der Waals surface area contributed by atoms with Gasteiger partial charge in [-0.05, 0) is 24.6 Å². The van der Waals surface area contributed by atoms with Crippen molar-refractivity contribution in [2.24, 2.45) is 5.73 Å².